The number of hydrogen-bond donors (Lipinski definition) is 3. The number of hydrazine groups is 1. The van der Waals surface area contributed by atoms with Gasteiger partial charge >= 0.3 is 6.01 Å². The normalized spacial score (nSPS) is 11.1. The van der Waals surface area contributed by atoms with Crippen LogP contribution in [0, 0.1) is 5.41 Å². The van der Waals surface area contributed by atoms with Gasteiger partial charge in [-0.2, -0.15) is 15.0 Å². The Balaban J connectivity index is 2.79. The summed E-state index contributed by atoms with van der Waals surface area (Å²) < 4.78 is 4.93. The van der Waals surface area contributed by atoms with Crippen LogP contribution < -0.4 is 21.3 Å². The molecule has 0 saturated carbocycles. The van der Waals surface area contributed by atoms with E-state index < -0.39 is 0 Å². The van der Waals surface area contributed by atoms with Crippen molar-refractivity contribution in [2.24, 2.45) is 11.3 Å². The van der Waals surface area contributed by atoms with E-state index in [-0.39, 0.29) is 17.4 Å². The number of nitrogens with two attached hydrogens (primary N) is 1. The highest BCUT2D eigenvalue weighted by molar-refractivity contribution is 5.34. The fourth-order valence-electron chi connectivity index (χ4n) is 0.936. The molecule has 4 N–H and O–H groups in total. The second-order valence-electron chi connectivity index (χ2n) is 4.53. The highest BCUT2D eigenvalue weighted by Gasteiger charge is 2.12. The van der Waals surface area contributed by atoms with Crippen LogP contribution in [0.1, 0.15) is 20.8 Å². The summed E-state index contributed by atoms with van der Waals surface area (Å²) in [6.45, 7) is 7.08. The number of hydrogen-bond acceptors (Lipinski definition) is 7. The Morgan fingerprint density at radius 1 is 1.19 bits per heavy atom. The van der Waals surface area contributed by atoms with Crippen molar-refractivity contribution in [3.05, 3.63) is 0 Å². The van der Waals surface area contributed by atoms with Crippen LogP contribution in [0.25, 0.3) is 0 Å². The van der Waals surface area contributed by atoms with Crippen LogP contribution >= 0.6 is 0 Å². The Hall–Kier alpha value is -1.63. The average Bonchev–Trinajstić information content (AvgIpc) is 2.25. The van der Waals surface area contributed by atoms with Crippen molar-refractivity contribution in [1.82, 2.24) is 15.0 Å². The van der Waals surface area contributed by atoms with E-state index in [4.69, 9.17) is 10.6 Å². The second kappa shape index (κ2) is 4.93. The maximum Gasteiger partial charge on any atom is 0.322 e. The summed E-state index contributed by atoms with van der Waals surface area (Å²) >= 11 is 0. The minimum Gasteiger partial charge on any atom is -0.467 e. The van der Waals surface area contributed by atoms with Crippen LogP contribution in [0.2, 0.25) is 0 Å². The van der Waals surface area contributed by atoms with Gasteiger partial charge in [-0.15, -0.1) is 0 Å². The molecule has 0 amide bonds. The Morgan fingerprint density at radius 3 is 2.31 bits per heavy atom. The van der Waals surface area contributed by atoms with E-state index >= 15 is 0 Å². The van der Waals surface area contributed by atoms with Crippen molar-refractivity contribution in [3.63, 3.8) is 0 Å². The first-order valence-electron chi connectivity index (χ1n) is 4.95. The number of ether oxygens (including phenoxy) is 1. The quantitative estimate of drug-likeness (QED) is 0.511. The SMILES string of the molecule is COc1nc(NN)nc(NCC(C)(C)C)n1. The van der Waals surface area contributed by atoms with E-state index in [1.807, 2.05) is 0 Å². The van der Waals surface area contributed by atoms with Gasteiger partial charge in [0.05, 0.1) is 7.11 Å². The molecule has 90 valence electrons. The molecular formula is C9H18N6O. The molecule has 1 aromatic rings. The molecule has 0 radical (unpaired) electrons. The third kappa shape index (κ3) is 3.85. The minimum absolute atomic E-state index is 0.135. The predicted octanol–water partition coefficient (Wildman–Crippen LogP) is 0.624. The van der Waals surface area contributed by atoms with Gasteiger partial charge in [0.2, 0.25) is 11.9 Å². The van der Waals surface area contributed by atoms with Gasteiger partial charge in [0.25, 0.3) is 0 Å². The van der Waals surface area contributed by atoms with Gasteiger partial charge in [-0.25, -0.2) is 5.84 Å². The maximum absolute atomic E-state index is 5.24. The van der Waals surface area contributed by atoms with Gasteiger partial charge in [-0.3, -0.25) is 5.43 Å². The average molecular weight is 226 g/mol. The predicted molar refractivity (Wildman–Crippen MR) is 62.1 cm³/mol. The van der Waals surface area contributed by atoms with Crippen molar-refractivity contribution >= 4 is 11.9 Å². The Morgan fingerprint density at radius 2 is 1.81 bits per heavy atom. The summed E-state index contributed by atoms with van der Waals surface area (Å²) in [5.41, 5.74) is 2.49. The molecule has 0 unspecified atom stereocenters. The lowest BCUT2D eigenvalue weighted by molar-refractivity contribution is 0.378. The van der Waals surface area contributed by atoms with E-state index in [0.717, 1.165) is 6.54 Å². The zero-order valence-corrected chi connectivity index (χ0v) is 10.0. The molecular weight excluding hydrogens is 208 g/mol. The summed E-state index contributed by atoms with van der Waals surface area (Å²) in [6, 6.07) is 0.222. The number of nitrogens with zero attached hydrogens (tertiary/aromatic N) is 3. The van der Waals surface area contributed by atoms with Gasteiger partial charge in [-0.1, -0.05) is 20.8 Å². The number of rotatable bonds is 4. The summed E-state index contributed by atoms with van der Waals surface area (Å²) in [4.78, 5) is 12.0. The van der Waals surface area contributed by atoms with Crippen LogP contribution in [-0.2, 0) is 0 Å². The van der Waals surface area contributed by atoms with Gasteiger partial charge in [0.1, 0.15) is 0 Å². The Kier molecular flexibility index (Phi) is 3.83. The van der Waals surface area contributed by atoms with Crippen molar-refractivity contribution in [1.29, 1.82) is 0 Å². The van der Waals surface area contributed by atoms with Crippen molar-refractivity contribution in [2.45, 2.75) is 20.8 Å². The van der Waals surface area contributed by atoms with E-state index in [9.17, 15) is 0 Å². The molecule has 0 fully saturated rings. The van der Waals surface area contributed by atoms with Crippen molar-refractivity contribution < 1.29 is 4.74 Å². The summed E-state index contributed by atoms with van der Waals surface area (Å²) in [7, 11) is 1.49. The first kappa shape index (κ1) is 12.4. The number of nitrogen functional groups attached to an aromatic ring is 1. The highest BCUT2D eigenvalue weighted by Crippen LogP contribution is 2.15. The second-order valence-corrected chi connectivity index (χ2v) is 4.53. The molecule has 0 aliphatic carbocycles. The molecule has 7 nitrogen and oxygen atoms in total. The lowest BCUT2D eigenvalue weighted by atomic mass is 9.97. The fourth-order valence-corrected chi connectivity index (χ4v) is 0.936. The number of methoxy groups -OCH3 is 1. The van der Waals surface area contributed by atoms with E-state index in [1.54, 1.807) is 0 Å². The number of anilines is 2. The molecule has 0 spiro atoms. The summed E-state index contributed by atoms with van der Waals surface area (Å²) in [5.74, 6) is 5.94. The van der Waals surface area contributed by atoms with Gasteiger partial charge in [-0.05, 0) is 5.41 Å². The first-order chi connectivity index (χ1) is 7.44. The molecule has 0 atom stereocenters. The monoisotopic (exact) mass is 226 g/mol. The Bertz CT molecular complexity index is 326. The van der Waals surface area contributed by atoms with E-state index in [1.165, 1.54) is 7.11 Å². The van der Waals surface area contributed by atoms with Crippen LogP contribution in [0.4, 0.5) is 11.9 Å². The van der Waals surface area contributed by atoms with Crippen molar-refractivity contribution in [2.75, 3.05) is 24.4 Å². The molecule has 1 heterocycles. The zero-order valence-electron chi connectivity index (χ0n) is 10.0. The third-order valence-electron chi connectivity index (χ3n) is 1.70. The van der Waals surface area contributed by atoms with Gasteiger partial charge < -0.3 is 10.1 Å². The molecule has 16 heavy (non-hydrogen) atoms. The molecule has 0 saturated heterocycles. The minimum atomic E-state index is 0.135. The van der Waals surface area contributed by atoms with Crippen LogP contribution in [-0.4, -0.2) is 28.6 Å². The topological polar surface area (TPSA) is 98.0 Å². The largest absolute Gasteiger partial charge is 0.467 e. The van der Waals surface area contributed by atoms with Crippen molar-refractivity contribution in [3.8, 4) is 6.01 Å². The molecule has 0 bridgehead atoms. The smallest absolute Gasteiger partial charge is 0.322 e. The van der Waals surface area contributed by atoms with E-state index in [0.29, 0.717) is 5.95 Å². The lowest BCUT2D eigenvalue weighted by Crippen LogP contribution is -2.21. The molecule has 1 rings (SSSR count). The molecule has 1 aromatic heterocycles. The molecule has 0 aliphatic rings. The fraction of sp³-hybridized carbons (Fsp3) is 0.667. The highest BCUT2D eigenvalue weighted by atomic mass is 16.5. The Labute approximate surface area is 94.8 Å². The standard InChI is InChI=1S/C9H18N6O/c1-9(2,3)5-11-6-12-7(15-10)14-8(13-6)16-4/h5,10H2,1-4H3,(H2,11,12,13,14,15). The zero-order chi connectivity index (χ0) is 12.2. The molecule has 0 aliphatic heterocycles. The van der Waals surface area contributed by atoms with Gasteiger partial charge in [0.15, 0.2) is 0 Å². The summed E-state index contributed by atoms with van der Waals surface area (Å²) in [5, 5.41) is 3.10. The van der Waals surface area contributed by atoms with Crippen LogP contribution in [0.5, 0.6) is 6.01 Å². The number of nitrogens with one attached hydrogen (secondary N) is 2. The number of aromatic nitrogens is 3. The van der Waals surface area contributed by atoms with Crippen LogP contribution in [0.15, 0.2) is 0 Å². The lowest BCUT2D eigenvalue weighted by Gasteiger charge is -2.18. The van der Waals surface area contributed by atoms with Gasteiger partial charge in [0, 0.05) is 6.54 Å². The van der Waals surface area contributed by atoms with Crippen LogP contribution in [0.3, 0.4) is 0 Å². The first-order valence-corrected chi connectivity index (χ1v) is 4.95. The maximum atomic E-state index is 5.24. The summed E-state index contributed by atoms with van der Waals surface area (Å²) in [6.07, 6.45) is 0. The molecule has 0 aromatic carbocycles. The van der Waals surface area contributed by atoms with E-state index in [2.05, 4.69) is 46.5 Å². The molecule has 7 heteroatoms. The third-order valence-corrected chi connectivity index (χ3v) is 1.70.